The van der Waals surface area contributed by atoms with Gasteiger partial charge in [-0.3, -0.25) is 4.98 Å². The molecule has 3 rings (SSSR count). The summed E-state index contributed by atoms with van der Waals surface area (Å²) in [7, 11) is 0. The summed E-state index contributed by atoms with van der Waals surface area (Å²) in [5.41, 5.74) is 12.1. The lowest BCUT2D eigenvalue weighted by molar-refractivity contribution is 0.259. The van der Waals surface area contributed by atoms with Crippen LogP contribution in [0, 0.1) is 0 Å². The monoisotopic (exact) mass is 294 g/mol. The zero-order chi connectivity index (χ0) is 15.5. The minimum absolute atomic E-state index is 0.601. The van der Waals surface area contributed by atoms with Gasteiger partial charge in [0.25, 0.3) is 0 Å². The second kappa shape index (κ2) is 5.61. The Labute approximate surface area is 126 Å². The first kappa shape index (κ1) is 13.7. The maximum Gasteiger partial charge on any atom is 0.316 e. The van der Waals surface area contributed by atoms with Crippen molar-refractivity contribution in [3.05, 3.63) is 54.9 Å². The smallest absolute Gasteiger partial charge is 0.316 e. The molecule has 6 nitrogen and oxygen atoms in total. The van der Waals surface area contributed by atoms with Crippen LogP contribution in [0.5, 0.6) is 11.5 Å². The lowest BCUT2D eigenvalue weighted by Gasteiger charge is -2.09. The molecule has 2 amide bonds. The Kier molecular flexibility index (Phi) is 3.49. The van der Waals surface area contributed by atoms with Gasteiger partial charge in [0.05, 0.1) is 6.20 Å². The SMILES string of the molecule is NC(=O)Nc1ccc(Oc2cncc3cc(N)ccc23)cc1. The third-order valence-corrected chi connectivity index (χ3v) is 3.10. The van der Waals surface area contributed by atoms with Crippen molar-refractivity contribution in [2.75, 3.05) is 11.1 Å². The standard InChI is InChI=1S/C16H14N4O2/c17-11-1-6-14-10(7-11)8-19-9-15(14)22-13-4-2-12(3-5-13)20-16(18)21/h1-9H,17H2,(H3,18,20,21). The Morgan fingerprint density at radius 2 is 1.86 bits per heavy atom. The first-order valence-corrected chi connectivity index (χ1v) is 6.59. The molecule has 1 heterocycles. The highest BCUT2D eigenvalue weighted by atomic mass is 16.5. The van der Waals surface area contributed by atoms with Crippen molar-refractivity contribution in [3.8, 4) is 11.5 Å². The first-order chi connectivity index (χ1) is 10.6. The zero-order valence-electron chi connectivity index (χ0n) is 11.6. The molecule has 0 aliphatic carbocycles. The summed E-state index contributed by atoms with van der Waals surface area (Å²) in [5, 5.41) is 4.32. The maximum atomic E-state index is 10.8. The van der Waals surface area contributed by atoms with Crippen LogP contribution < -0.4 is 21.5 Å². The van der Waals surface area contributed by atoms with Gasteiger partial charge < -0.3 is 21.5 Å². The fraction of sp³-hybridized carbons (Fsp3) is 0. The van der Waals surface area contributed by atoms with Gasteiger partial charge in [-0.25, -0.2) is 4.79 Å². The number of rotatable bonds is 3. The van der Waals surface area contributed by atoms with E-state index in [1.807, 2.05) is 18.2 Å². The van der Waals surface area contributed by atoms with Gasteiger partial charge in [-0.05, 0) is 42.5 Å². The molecule has 0 spiro atoms. The molecule has 0 saturated carbocycles. The largest absolute Gasteiger partial charge is 0.455 e. The molecule has 0 aliphatic heterocycles. The number of nitrogens with one attached hydrogen (secondary N) is 1. The van der Waals surface area contributed by atoms with Gasteiger partial charge in [0.15, 0.2) is 5.75 Å². The Balaban J connectivity index is 1.88. The third kappa shape index (κ3) is 2.90. The van der Waals surface area contributed by atoms with Crippen molar-refractivity contribution >= 4 is 28.2 Å². The van der Waals surface area contributed by atoms with E-state index in [-0.39, 0.29) is 0 Å². The normalized spacial score (nSPS) is 10.4. The molecule has 6 heteroatoms. The number of nitrogen functional groups attached to an aromatic ring is 1. The van der Waals surface area contributed by atoms with E-state index in [1.165, 1.54) is 0 Å². The fourth-order valence-corrected chi connectivity index (χ4v) is 2.12. The van der Waals surface area contributed by atoms with Gasteiger partial charge in [-0.1, -0.05) is 0 Å². The topological polar surface area (TPSA) is 103 Å². The number of hydrogen-bond donors (Lipinski definition) is 3. The Hall–Kier alpha value is -3.28. The van der Waals surface area contributed by atoms with Crippen LogP contribution in [0.3, 0.4) is 0 Å². The van der Waals surface area contributed by atoms with Gasteiger partial charge in [0.2, 0.25) is 0 Å². The predicted octanol–water partition coefficient (Wildman–Crippen LogP) is 3.10. The summed E-state index contributed by atoms with van der Waals surface area (Å²) in [5.74, 6) is 1.26. The average molecular weight is 294 g/mol. The molecule has 3 aromatic rings. The molecule has 110 valence electrons. The van der Waals surface area contributed by atoms with Gasteiger partial charge in [-0.15, -0.1) is 0 Å². The Morgan fingerprint density at radius 3 is 2.59 bits per heavy atom. The van der Waals surface area contributed by atoms with Crippen LogP contribution in [-0.4, -0.2) is 11.0 Å². The summed E-state index contributed by atoms with van der Waals surface area (Å²) in [6, 6.07) is 11.8. The number of primary amides is 1. The van der Waals surface area contributed by atoms with Gasteiger partial charge in [0, 0.05) is 28.3 Å². The minimum Gasteiger partial charge on any atom is -0.455 e. The van der Waals surface area contributed by atoms with E-state index in [4.69, 9.17) is 16.2 Å². The van der Waals surface area contributed by atoms with E-state index in [0.717, 1.165) is 10.8 Å². The van der Waals surface area contributed by atoms with Crippen LogP contribution in [-0.2, 0) is 0 Å². The van der Waals surface area contributed by atoms with E-state index in [0.29, 0.717) is 22.9 Å². The van der Waals surface area contributed by atoms with E-state index < -0.39 is 6.03 Å². The van der Waals surface area contributed by atoms with Crippen LogP contribution >= 0.6 is 0 Å². The number of carbonyl (C=O) groups excluding carboxylic acids is 1. The number of anilines is 2. The van der Waals surface area contributed by atoms with Gasteiger partial charge in [0.1, 0.15) is 5.75 Å². The zero-order valence-corrected chi connectivity index (χ0v) is 11.6. The number of aromatic nitrogens is 1. The highest BCUT2D eigenvalue weighted by Gasteiger charge is 2.05. The molecule has 1 aromatic heterocycles. The van der Waals surface area contributed by atoms with E-state index in [9.17, 15) is 4.79 Å². The number of urea groups is 1. The van der Waals surface area contributed by atoms with Gasteiger partial charge in [-0.2, -0.15) is 0 Å². The lowest BCUT2D eigenvalue weighted by atomic mass is 10.1. The molecular weight excluding hydrogens is 280 g/mol. The number of hydrogen-bond acceptors (Lipinski definition) is 4. The van der Waals surface area contributed by atoms with E-state index in [1.54, 1.807) is 36.7 Å². The summed E-state index contributed by atoms with van der Waals surface area (Å²) in [4.78, 5) is 14.9. The van der Waals surface area contributed by atoms with Crippen molar-refractivity contribution in [2.45, 2.75) is 0 Å². The van der Waals surface area contributed by atoms with Crippen LogP contribution in [0.1, 0.15) is 0 Å². The molecule has 2 aromatic carbocycles. The summed E-state index contributed by atoms with van der Waals surface area (Å²) in [6.45, 7) is 0. The fourth-order valence-electron chi connectivity index (χ4n) is 2.12. The molecule has 0 unspecified atom stereocenters. The summed E-state index contributed by atoms with van der Waals surface area (Å²) in [6.07, 6.45) is 3.38. The maximum absolute atomic E-state index is 10.8. The summed E-state index contributed by atoms with van der Waals surface area (Å²) >= 11 is 0. The second-order valence-corrected chi connectivity index (χ2v) is 4.73. The number of benzene rings is 2. The van der Waals surface area contributed by atoms with Crippen molar-refractivity contribution in [1.29, 1.82) is 0 Å². The van der Waals surface area contributed by atoms with Crippen LogP contribution in [0.15, 0.2) is 54.9 Å². The van der Waals surface area contributed by atoms with Crippen molar-refractivity contribution in [3.63, 3.8) is 0 Å². The lowest BCUT2D eigenvalue weighted by Crippen LogP contribution is -2.19. The highest BCUT2D eigenvalue weighted by molar-refractivity contribution is 5.90. The number of amides is 2. The number of fused-ring (bicyclic) bond motifs is 1. The molecule has 0 aliphatic rings. The third-order valence-electron chi connectivity index (χ3n) is 3.10. The number of pyridine rings is 1. The second-order valence-electron chi connectivity index (χ2n) is 4.73. The van der Waals surface area contributed by atoms with Crippen LogP contribution in [0.2, 0.25) is 0 Å². The number of nitrogens with two attached hydrogens (primary N) is 2. The Bertz CT molecular complexity index is 831. The highest BCUT2D eigenvalue weighted by Crippen LogP contribution is 2.30. The van der Waals surface area contributed by atoms with E-state index >= 15 is 0 Å². The van der Waals surface area contributed by atoms with Crippen molar-refractivity contribution in [2.24, 2.45) is 5.73 Å². The quantitative estimate of drug-likeness (QED) is 0.646. The predicted molar refractivity (Wildman–Crippen MR) is 85.9 cm³/mol. The van der Waals surface area contributed by atoms with Crippen molar-refractivity contribution in [1.82, 2.24) is 4.98 Å². The molecule has 0 fully saturated rings. The molecule has 22 heavy (non-hydrogen) atoms. The first-order valence-electron chi connectivity index (χ1n) is 6.59. The van der Waals surface area contributed by atoms with Crippen LogP contribution in [0.4, 0.5) is 16.2 Å². The molecule has 5 N–H and O–H groups in total. The van der Waals surface area contributed by atoms with Crippen molar-refractivity contribution < 1.29 is 9.53 Å². The number of carbonyl (C=O) groups is 1. The molecule has 0 bridgehead atoms. The molecule has 0 atom stereocenters. The van der Waals surface area contributed by atoms with E-state index in [2.05, 4.69) is 10.3 Å². The van der Waals surface area contributed by atoms with Gasteiger partial charge >= 0.3 is 6.03 Å². The molecular formula is C16H14N4O2. The molecule has 0 saturated heterocycles. The Morgan fingerprint density at radius 1 is 1.09 bits per heavy atom. The average Bonchev–Trinajstić information content (AvgIpc) is 2.48. The summed E-state index contributed by atoms with van der Waals surface area (Å²) < 4.78 is 5.84. The molecule has 0 radical (unpaired) electrons. The number of nitrogens with zero attached hydrogens (tertiary/aromatic N) is 1. The minimum atomic E-state index is -0.607. The van der Waals surface area contributed by atoms with Crippen LogP contribution in [0.25, 0.3) is 10.8 Å². The number of ether oxygens (including phenoxy) is 1.